The van der Waals surface area contributed by atoms with Gasteiger partial charge in [0, 0.05) is 12.6 Å². The van der Waals surface area contributed by atoms with E-state index in [1.165, 1.54) is 11.0 Å². The molecule has 3 rings (SSSR count). The van der Waals surface area contributed by atoms with Crippen LogP contribution in [-0.4, -0.2) is 46.0 Å². The molecule has 1 unspecified atom stereocenters. The molecule has 1 atom stereocenters. The molecule has 1 saturated heterocycles. The fourth-order valence-electron chi connectivity index (χ4n) is 3.32. The summed E-state index contributed by atoms with van der Waals surface area (Å²) in [6, 6.07) is 7.56. The average Bonchev–Trinajstić information content (AvgIpc) is 3.04. The number of likely N-dealkylation sites (tertiary alicyclic amines) is 1. The summed E-state index contributed by atoms with van der Waals surface area (Å²) < 4.78 is 1.59. The van der Waals surface area contributed by atoms with Gasteiger partial charge in [-0.25, -0.2) is 0 Å². The van der Waals surface area contributed by atoms with E-state index in [1.807, 2.05) is 6.07 Å². The van der Waals surface area contributed by atoms with Crippen molar-refractivity contribution >= 4 is 29.0 Å². The summed E-state index contributed by atoms with van der Waals surface area (Å²) in [5.41, 5.74) is 0.453. The lowest BCUT2D eigenvalue weighted by Crippen LogP contribution is -2.42. The minimum absolute atomic E-state index is 0.0577. The summed E-state index contributed by atoms with van der Waals surface area (Å²) in [6.45, 7) is 4.78. The van der Waals surface area contributed by atoms with Gasteiger partial charge in [-0.2, -0.15) is 0 Å². The van der Waals surface area contributed by atoms with Crippen molar-refractivity contribution in [2.75, 3.05) is 19.6 Å². The number of carbonyl (C=O) groups is 1. The highest BCUT2D eigenvalue weighted by molar-refractivity contribution is 7.71. The molecule has 1 aromatic carbocycles. The van der Waals surface area contributed by atoms with Crippen LogP contribution in [0.4, 0.5) is 0 Å². The third-order valence-corrected chi connectivity index (χ3v) is 4.95. The Morgan fingerprint density at radius 2 is 2.21 bits per heavy atom. The summed E-state index contributed by atoms with van der Waals surface area (Å²) in [5.74, 6) is -0.185. The largest absolute Gasteiger partial charge is 0.353 e. The third-order valence-electron chi connectivity index (χ3n) is 4.63. The SMILES string of the molecule is CCN1CCCC1CNC(=O)Cn1c(=S)[nH]c2ccccc2c1=O. The molecule has 1 aliphatic heterocycles. The number of para-hydroxylation sites is 1. The molecule has 2 N–H and O–H groups in total. The quantitative estimate of drug-likeness (QED) is 0.808. The molecule has 1 aliphatic rings. The molecule has 7 heteroatoms. The lowest BCUT2D eigenvalue weighted by molar-refractivity contribution is -0.121. The van der Waals surface area contributed by atoms with E-state index >= 15 is 0 Å². The molecule has 24 heavy (non-hydrogen) atoms. The van der Waals surface area contributed by atoms with Crippen LogP contribution in [0.25, 0.3) is 10.9 Å². The molecule has 2 heterocycles. The van der Waals surface area contributed by atoms with Gasteiger partial charge in [-0.1, -0.05) is 19.1 Å². The molecule has 0 bridgehead atoms. The summed E-state index contributed by atoms with van der Waals surface area (Å²) in [4.78, 5) is 30.2. The Morgan fingerprint density at radius 1 is 1.42 bits per heavy atom. The van der Waals surface area contributed by atoms with Crippen molar-refractivity contribution < 1.29 is 4.79 Å². The minimum atomic E-state index is -0.236. The number of aromatic amines is 1. The molecular weight excluding hydrogens is 324 g/mol. The molecule has 6 nitrogen and oxygen atoms in total. The summed E-state index contributed by atoms with van der Waals surface area (Å²) in [5, 5.41) is 3.47. The van der Waals surface area contributed by atoms with Crippen LogP contribution in [0.15, 0.2) is 29.1 Å². The molecule has 0 spiro atoms. The summed E-state index contributed by atoms with van der Waals surface area (Å²) in [6.07, 6.45) is 2.27. The minimum Gasteiger partial charge on any atom is -0.353 e. The lowest BCUT2D eigenvalue weighted by atomic mass is 10.2. The number of nitrogens with zero attached hydrogens (tertiary/aromatic N) is 2. The Labute approximate surface area is 145 Å². The van der Waals surface area contributed by atoms with Crippen LogP contribution in [0.5, 0.6) is 0 Å². The number of likely N-dealkylation sites (N-methyl/N-ethyl adjacent to an activating group) is 1. The third kappa shape index (κ3) is 3.42. The molecule has 1 amide bonds. The second kappa shape index (κ2) is 7.27. The fraction of sp³-hybridized carbons (Fsp3) is 0.471. The number of hydrogen-bond acceptors (Lipinski definition) is 4. The number of hydrogen-bond donors (Lipinski definition) is 2. The van der Waals surface area contributed by atoms with E-state index in [1.54, 1.807) is 18.2 Å². The van der Waals surface area contributed by atoms with Crippen molar-refractivity contribution in [3.8, 4) is 0 Å². The average molecular weight is 346 g/mol. The van der Waals surface area contributed by atoms with Gasteiger partial charge >= 0.3 is 0 Å². The van der Waals surface area contributed by atoms with Gasteiger partial charge < -0.3 is 10.3 Å². The van der Waals surface area contributed by atoms with E-state index in [9.17, 15) is 9.59 Å². The van der Waals surface area contributed by atoms with Crippen molar-refractivity contribution in [2.45, 2.75) is 32.4 Å². The first-order chi connectivity index (χ1) is 11.6. The van der Waals surface area contributed by atoms with Crippen LogP contribution in [0.2, 0.25) is 0 Å². The van der Waals surface area contributed by atoms with Gasteiger partial charge in [-0.05, 0) is 50.3 Å². The molecule has 1 fully saturated rings. The maximum atomic E-state index is 12.5. The van der Waals surface area contributed by atoms with E-state index in [4.69, 9.17) is 12.2 Å². The second-order valence-corrected chi connectivity index (χ2v) is 6.48. The number of nitrogens with one attached hydrogen (secondary N) is 2. The molecular formula is C17H22N4O2S. The van der Waals surface area contributed by atoms with Gasteiger partial charge in [0.1, 0.15) is 6.54 Å². The Bertz CT molecular complexity index is 858. The maximum Gasteiger partial charge on any atom is 0.262 e. The Hall–Kier alpha value is -1.99. The normalized spacial score (nSPS) is 18.1. The van der Waals surface area contributed by atoms with Gasteiger partial charge in [-0.15, -0.1) is 0 Å². The number of carbonyl (C=O) groups excluding carboxylic acids is 1. The zero-order valence-electron chi connectivity index (χ0n) is 13.7. The smallest absolute Gasteiger partial charge is 0.262 e. The molecule has 2 aromatic rings. The van der Waals surface area contributed by atoms with Crippen molar-refractivity contribution in [1.29, 1.82) is 0 Å². The van der Waals surface area contributed by atoms with Crippen molar-refractivity contribution in [2.24, 2.45) is 0 Å². The van der Waals surface area contributed by atoms with Crippen molar-refractivity contribution in [1.82, 2.24) is 19.8 Å². The number of fused-ring (bicyclic) bond motifs is 1. The first-order valence-corrected chi connectivity index (χ1v) is 8.73. The standard InChI is InChI=1S/C17H22N4O2S/c1-2-20-9-5-6-12(20)10-18-15(22)11-21-16(23)13-7-3-4-8-14(13)19-17(21)24/h3-4,7-8,12H,2,5-6,9-11H2,1H3,(H,18,22)(H,19,24). The molecule has 128 valence electrons. The van der Waals surface area contributed by atoms with Crippen molar-refractivity contribution in [3.63, 3.8) is 0 Å². The van der Waals surface area contributed by atoms with Crippen LogP contribution in [-0.2, 0) is 11.3 Å². The predicted molar refractivity (Wildman–Crippen MR) is 96.7 cm³/mol. The fourth-order valence-corrected chi connectivity index (χ4v) is 3.57. The first kappa shape index (κ1) is 16.9. The zero-order valence-corrected chi connectivity index (χ0v) is 14.6. The van der Waals surface area contributed by atoms with Gasteiger partial charge in [0.2, 0.25) is 5.91 Å². The van der Waals surface area contributed by atoms with E-state index in [-0.39, 0.29) is 22.8 Å². The van der Waals surface area contributed by atoms with Crippen LogP contribution in [0, 0.1) is 4.77 Å². The highest BCUT2D eigenvalue weighted by Gasteiger charge is 2.23. The number of H-pyrrole nitrogens is 1. The topological polar surface area (TPSA) is 70.1 Å². The molecule has 1 aromatic heterocycles. The zero-order chi connectivity index (χ0) is 17.1. The molecule has 0 radical (unpaired) electrons. The number of amides is 1. The van der Waals surface area contributed by atoms with Gasteiger partial charge in [0.05, 0.1) is 10.9 Å². The van der Waals surface area contributed by atoms with Crippen LogP contribution in [0.3, 0.4) is 0 Å². The van der Waals surface area contributed by atoms with Gasteiger partial charge in [0.25, 0.3) is 5.56 Å². The number of aromatic nitrogens is 2. The molecule has 0 saturated carbocycles. The predicted octanol–water partition coefficient (Wildman–Crippen LogP) is 1.66. The maximum absolute atomic E-state index is 12.5. The van der Waals surface area contributed by atoms with Crippen molar-refractivity contribution in [3.05, 3.63) is 39.4 Å². The highest BCUT2D eigenvalue weighted by atomic mass is 32.1. The van der Waals surface area contributed by atoms with Gasteiger partial charge in [-0.3, -0.25) is 19.1 Å². The summed E-state index contributed by atoms with van der Waals surface area (Å²) in [7, 11) is 0. The Balaban J connectivity index is 1.72. The van der Waals surface area contributed by atoms with Crippen LogP contribution >= 0.6 is 12.2 Å². The highest BCUT2D eigenvalue weighted by Crippen LogP contribution is 2.15. The number of rotatable bonds is 5. The Morgan fingerprint density at radius 3 is 3.00 bits per heavy atom. The number of benzene rings is 1. The van der Waals surface area contributed by atoms with E-state index in [0.29, 0.717) is 23.5 Å². The monoisotopic (exact) mass is 346 g/mol. The Kier molecular flexibility index (Phi) is 5.11. The van der Waals surface area contributed by atoms with E-state index in [2.05, 4.69) is 22.1 Å². The van der Waals surface area contributed by atoms with Crippen LogP contribution < -0.4 is 10.9 Å². The second-order valence-electron chi connectivity index (χ2n) is 6.10. The van der Waals surface area contributed by atoms with Crippen LogP contribution in [0.1, 0.15) is 19.8 Å². The summed E-state index contributed by atoms with van der Waals surface area (Å²) >= 11 is 5.23. The van der Waals surface area contributed by atoms with E-state index < -0.39 is 0 Å². The van der Waals surface area contributed by atoms with E-state index in [0.717, 1.165) is 19.5 Å². The van der Waals surface area contributed by atoms with Gasteiger partial charge in [0.15, 0.2) is 4.77 Å². The lowest BCUT2D eigenvalue weighted by Gasteiger charge is -2.22. The molecule has 0 aliphatic carbocycles. The first-order valence-electron chi connectivity index (χ1n) is 8.32.